The molecule has 2 rings (SSSR count). The third-order valence-corrected chi connectivity index (χ3v) is 3.58. The van der Waals surface area contributed by atoms with Crippen molar-refractivity contribution >= 4 is 28.9 Å². The van der Waals surface area contributed by atoms with Crippen LogP contribution in [-0.4, -0.2) is 0 Å². The van der Waals surface area contributed by atoms with Crippen LogP contribution in [0.25, 0.3) is 0 Å². The Balaban J connectivity index is 2.25. The molecule has 0 amide bonds. The van der Waals surface area contributed by atoms with Crippen LogP contribution in [0, 0.1) is 13.8 Å². The van der Waals surface area contributed by atoms with Crippen LogP contribution < -0.4 is 5.32 Å². The summed E-state index contributed by atoms with van der Waals surface area (Å²) in [4.78, 5) is 0. The predicted molar refractivity (Wildman–Crippen MR) is 84.4 cm³/mol. The highest BCUT2D eigenvalue weighted by Crippen LogP contribution is 2.27. The van der Waals surface area contributed by atoms with Crippen LogP contribution in [0.3, 0.4) is 0 Å². The molecule has 2 aromatic carbocycles. The molecular weight excluding hydrogens is 277 g/mol. The summed E-state index contributed by atoms with van der Waals surface area (Å²) in [7, 11) is 0. The van der Waals surface area contributed by atoms with Crippen molar-refractivity contribution in [3.63, 3.8) is 0 Å². The Morgan fingerprint density at radius 1 is 0.947 bits per heavy atom. The number of benzene rings is 2. The van der Waals surface area contributed by atoms with Crippen molar-refractivity contribution in [2.24, 2.45) is 0 Å². The van der Waals surface area contributed by atoms with E-state index in [4.69, 9.17) is 23.2 Å². The van der Waals surface area contributed by atoms with E-state index in [9.17, 15) is 0 Å². The summed E-state index contributed by atoms with van der Waals surface area (Å²) in [5.74, 6) is 0. The molecule has 1 unspecified atom stereocenters. The third kappa shape index (κ3) is 3.65. The Bertz CT molecular complexity index is 573. The molecule has 3 heteroatoms. The van der Waals surface area contributed by atoms with Crippen molar-refractivity contribution < 1.29 is 0 Å². The quantitative estimate of drug-likeness (QED) is 0.756. The van der Waals surface area contributed by atoms with Gasteiger partial charge in [-0.3, -0.25) is 0 Å². The zero-order chi connectivity index (χ0) is 14.0. The molecule has 0 heterocycles. The molecule has 0 aliphatic heterocycles. The minimum atomic E-state index is 0.203. The minimum absolute atomic E-state index is 0.203. The highest BCUT2D eigenvalue weighted by molar-refractivity contribution is 6.35. The molecule has 0 saturated carbocycles. The minimum Gasteiger partial charge on any atom is -0.378 e. The Kier molecular flexibility index (Phi) is 4.38. The smallest absolute Gasteiger partial charge is 0.0488 e. The molecular formula is C16H17Cl2N. The average molecular weight is 294 g/mol. The molecule has 0 aliphatic carbocycles. The van der Waals surface area contributed by atoms with Crippen LogP contribution in [0.4, 0.5) is 5.69 Å². The van der Waals surface area contributed by atoms with Crippen LogP contribution in [0.1, 0.15) is 29.7 Å². The van der Waals surface area contributed by atoms with Gasteiger partial charge in [0, 0.05) is 21.8 Å². The maximum Gasteiger partial charge on any atom is 0.0488 e. The first-order valence-corrected chi connectivity index (χ1v) is 7.01. The summed E-state index contributed by atoms with van der Waals surface area (Å²) in [6.45, 7) is 6.36. The predicted octanol–water partition coefficient (Wildman–Crippen LogP) is 5.78. The van der Waals surface area contributed by atoms with Crippen molar-refractivity contribution in [3.05, 3.63) is 63.1 Å². The highest BCUT2D eigenvalue weighted by Gasteiger charge is 2.09. The van der Waals surface area contributed by atoms with Gasteiger partial charge in [-0.1, -0.05) is 47.0 Å². The number of rotatable bonds is 3. The van der Waals surface area contributed by atoms with Gasteiger partial charge in [0.1, 0.15) is 0 Å². The first-order chi connectivity index (χ1) is 8.95. The van der Waals surface area contributed by atoms with Crippen molar-refractivity contribution in [1.29, 1.82) is 0 Å². The zero-order valence-electron chi connectivity index (χ0n) is 11.3. The number of anilines is 1. The van der Waals surface area contributed by atoms with Gasteiger partial charge in [-0.05, 0) is 50.1 Å². The number of halogens is 2. The number of hydrogen-bond donors (Lipinski definition) is 1. The SMILES string of the molecule is Cc1ccc(C)c(C(C)Nc2cc(Cl)cc(Cl)c2)c1. The Hall–Kier alpha value is -1.18. The number of hydrogen-bond acceptors (Lipinski definition) is 1. The second kappa shape index (κ2) is 5.85. The van der Waals surface area contributed by atoms with Crippen molar-refractivity contribution in [2.75, 3.05) is 5.32 Å². The maximum atomic E-state index is 6.01. The van der Waals surface area contributed by atoms with Crippen LogP contribution in [0.5, 0.6) is 0 Å². The van der Waals surface area contributed by atoms with Gasteiger partial charge in [0.2, 0.25) is 0 Å². The van der Waals surface area contributed by atoms with Crippen LogP contribution in [0.2, 0.25) is 10.0 Å². The van der Waals surface area contributed by atoms with Crippen molar-refractivity contribution in [2.45, 2.75) is 26.8 Å². The lowest BCUT2D eigenvalue weighted by Gasteiger charge is -2.19. The lowest BCUT2D eigenvalue weighted by atomic mass is 10.00. The fourth-order valence-electron chi connectivity index (χ4n) is 2.19. The summed E-state index contributed by atoms with van der Waals surface area (Å²) < 4.78 is 0. The van der Waals surface area contributed by atoms with E-state index < -0.39 is 0 Å². The molecule has 0 fully saturated rings. The molecule has 0 spiro atoms. The molecule has 100 valence electrons. The highest BCUT2D eigenvalue weighted by atomic mass is 35.5. The van der Waals surface area contributed by atoms with E-state index in [0.717, 1.165) is 5.69 Å². The fourth-order valence-corrected chi connectivity index (χ4v) is 2.72. The molecule has 1 nitrogen and oxygen atoms in total. The summed E-state index contributed by atoms with van der Waals surface area (Å²) in [6.07, 6.45) is 0. The van der Waals surface area contributed by atoms with Gasteiger partial charge in [-0.15, -0.1) is 0 Å². The average Bonchev–Trinajstić information content (AvgIpc) is 2.30. The Morgan fingerprint density at radius 2 is 1.58 bits per heavy atom. The van der Waals surface area contributed by atoms with Gasteiger partial charge in [0.05, 0.1) is 0 Å². The zero-order valence-corrected chi connectivity index (χ0v) is 12.8. The molecule has 2 aromatic rings. The van der Waals surface area contributed by atoms with E-state index in [1.807, 2.05) is 12.1 Å². The van der Waals surface area contributed by atoms with Gasteiger partial charge >= 0.3 is 0 Å². The second-order valence-corrected chi connectivity index (χ2v) is 5.76. The van der Waals surface area contributed by atoms with E-state index in [1.54, 1.807) is 6.07 Å². The molecule has 0 aromatic heterocycles. The summed E-state index contributed by atoms with van der Waals surface area (Å²) in [5.41, 5.74) is 4.76. The van der Waals surface area contributed by atoms with Crippen LogP contribution >= 0.6 is 23.2 Å². The summed E-state index contributed by atoms with van der Waals surface area (Å²) in [5, 5.41) is 4.72. The van der Waals surface area contributed by atoms with E-state index in [1.165, 1.54) is 16.7 Å². The molecule has 1 N–H and O–H groups in total. The van der Waals surface area contributed by atoms with E-state index in [-0.39, 0.29) is 6.04 Å². The summed E-state index contributed by atoms with van der Waals surface area (Å²) >= 11 is 12.0. The van der Waals surface area contributed by atoms with Gasteiger partial charge in [-0.2, -0.15) is 0 Å². The largest absolute Gasteiger partial charge is 0.378 e. The lowest BCUT2D eigenvalue weighted by molar-refractivity contribution is 0.872. The third-order valence-electron chi connectivity index (χ3n) is 3.15. The van der Waals surface area contributed by atoms with Gasteiger partial charge in [0.25, 0.3) is 0 Å². The van der Waals surface area contributed by atoms with Gasteiger partial charge in [-0.25, -0.2) is 0 Å². The first kappa shape index (κ1) is 14.2. The Labute approximate surface area is 124 Å². The maximum absolute atomic E-state index is 6.01. The lowest BCUT2D eigenvalue weighted by Crippen LogP contribution is -2.08. The van der Waals surface area contributed by atoms with Gasteiger partial charge < -0.3 is 5.32 Å². The molecule has 1 atom stereocenters. The first-order valence-electron chi connectivity index (χ1n) is 6.25. The van der Waals surface area contributed by atoms with E-state index in [0.29, 0.717) is 10.0 Å². The fraction of sp³-hybridized carbons (Fsp3) is 0.250. The molecule has 0 radical (unpaired) electrons. The second-order valence-electron chi connectivity index (χ2n) is 4.88. The summed E-state index contributed by atoms with van der Waals surface area (Å²) in [6, 6.07) is 12.2. The molecule has 0 saturated heterocycles. The van der Waals surface area contributed by atoms with E-state index in [2.05, 4.69) is 44.3 Å². The van der Waals surface area contributed by atoms with Crippen molar-refractivity contribution in [1.82, 2.24) is 0 Å². The number of nitrogens with one attached hydrogen (secondary N) is 1. The van der Waals surface area contributed by atoms with Crippen LogP contribution in [-0.2, 0) is 0 Å². The molecule has 19 heavy (non-hydrogen) atoms. The van der Waals surface area contributed by atoms with Crippen molar-refractivity contribution in [3.8, 4) is 0 Å². The van der Waals surface area contributed by atoms with Crippen LogP contribution in [0.15, 0.2) is 36.4 Å². The molecule has 0 aliphatic rings. The monoisotopic (exact) mass is 293 g/mol. The normalized spacial score (nSPS) is 12.3. The van der Waals surface area contributed by atoms with E-state index >= 15 is 0 Å². The van der Waals surface area contributed by atoms with Gasteiger partial charge in [0.15, 0.2) is 0 Å². The topological polar surface area (TPSA) is 12.0 Å². The molecule has 0 bridgehead atoms. The number of aryl methyl sites for hydroxylation is 2. The standard InChI is InChI=1S/C16H17Cl2N/c1-10-4-5-11(2)16(6-10)12(3)19-15-8-13(17)7-14(18)9-15/h4-9,12,19H,1-3H3. The Morgan fingerprint density at radius 3 is 2.21 bits per heavy atom.